The van der Waals surface area contributed by atoms with Crippen LogP contribution in [0, 0.1) is 0 Å². The number of aliphatic carboxylic acids is 2. The van der Waals surface area contributed by atoms with Gasteiger partial charge < -0.3 is 36.4 Å². The predicted octanol–water partition coefficient (Wildman–Crippen LogP) is 2.15. The third-order valence-electron chi connectivity index (χ3n) is 6.67. The maximum Gasteiger partial charge on any atom is 0.343 e. The van der Waals surface area contributed by atoms with E-state index in [0.29, 0.717) is 54.9 Å². The smallest absolute Gasteiger partial charge is 0.343 e. The van der Waals surface area contributed by atoms with Gasteiger partial charge in [0.1, 0.15) is 6.04 Å². The number of carbonyl (C=O) groups is 3. The number of carboxylic acids is 2. The van der Waals surface area contributed by atoms with E-state index in [1.807, 2.05) is 11.9 Å². The monoisotopic (exact) mass is 714 g/mol. The quantitative estimate of drug-likeness (QED) is 0.103. The van der Waals surface area contributed by atoms with Gasteiger partial charge in [-0.05, 0) is 37.1 Å². The van der Waals surface area contributed by atoms with E-state index in [2.05, 4.69) is 30.3 Å². The van der Waals surface area contributed by atoms with E-state index < -0.39 is 31.6 Å². The van der Waals surface area contributed by atoms with Crippen molar-refractivity contribution in [2.24, 2.45) is 0 Å². The number of nitrogens with zero attached hydrogens (tertiary/aromatic N) is 6. The summed E-state index contributed by atoms with van der Waals surface area (Å²) in [5, 5.41) is 23.1. The zero-order valence-electron chi connectivity index (χ0n) is 25.5. The summed E-state index contributed by atoms with van der Waals surface area (Å²) >= 11 is 11.1. The maximum absolute atomic E-state index is 12.4. The molecule has 0 aliphatic carbocycles. The highest BCUT2D eigenvalue weighted by molar-refractivity contribution is 7.54. The molecule has 1 aromatic carbocycles. The molecule has 8 N–H and O–H groups in total. The second kappa shape index (κ2) is 17.9. The average molecular weight is 716 g/mol. The zero-order valence-corrected chi connectivity index (χ0v) is 27.9. The first kappa shape index (κ1) is 37.6. The predicted molar refractivity (Wildman–Crippen MR) is 177 cm³/mol. The second-order valence-electron chi connectivity index (χ2n) is 10.1. The summed E-state index contributed by atoms with van der Waals surface area (Å²) in [5.41, 5.74) is 13.7. The van der Waals surface area contributed by atoms with Gasteiger partial charge in [0.15, 0.2) is 17.0 Å². The summed E-state index contributed by atoms with van der Waals surface area (Å²) in [7, 11) is -1.03. The lowest BCUT2D eigenvalue weighted by molar-refractivity contribution is -0.140. The largest absolute Gasteiger partial charge is 0.481 e. The van der Waals surface area contributed by atoms with Gasteiger partial charge >= 0.3 is 19.6 Å². The summed E-state index contributed by atoms with van der Waals surface area (Å²) in [5.74, 6) is -2.03. The van der Waals surface area contributed by atoms with Crippen LogP contribution in [0.2, 0.25) is 0 Å². The van der Waals surface area contributed by atoms with Crippen LogP contribution in [0.5, 0.6) is 0 Å². The number of fused-ring (bicyclic) bond motifs is 1. The Kier molecular flexibility index (Phi) is 14.3. The highest BCUT2D eigenvalue weighted by atomic mass is 35.5. The summed E-state index contributed by atoms with van der Waals surface area (Å²) in [6.45, 7) is 2.73. The molecule has 4 rings (SSSR count). The van der Waals surface area contributed by atoms with Crippen molar-refractivity contribution in [1.82, 2.24) is 35.0 Å². The van der Waals surface area contributed by atoms with Gasteiger partial charge in [0.05, 0.1) is 25.0 Å². The SMILES string of the molecule is CN(Cc1cnc2nc(N)nc(N)c2n1)c1ccc(C(=O)N[C@@H](CCC(=O)O)C(=O)O)cc1.O=P1(NCCCl)OCCCN1CCCl. The molecule has 1 amide bonds. The minimum Gasteiger partial charge on any atom is -0.481 e. The number of halogens is 2. The Balaban J connectivity index is 0.000000358. The molecule has 1 unspecified atom stereocenters. The number of nitrogen functional groups attached to an aromatic ring is 2. The van der Waals surface area contributed by atoms with Gasteiger partial charge in [0.25, 0.3) is 5.91 Å². The molecule has 1 fully saturated rings. The van der Waals surface area contributed by atoms with Crippen molar-refractivity contribution in [2.75, 3.05) is 61.4 Å². The topological polar surface area (TPSA) is 252 Å². The molecule has 20 heteroatoms. The Morgan fingerprint density at radius 1 is 1.13 bits per heavy atom. The van der Waals surface area contributed by atoms with Crippen LogP contribution in [-0.4, -0.2) is 104 Å². The van der Waals surface area contributed by atoms with Gasteiger partial charge in [-0.1, -0.05) is 0 Å². The molecule has 0 spiro atoms. The van der Waals surface area contributed by atoms with E-state index in [1.54, 1.807) is 23.0 Å². The number of carboxylic acid groups (broad SMARTS) is 2. The molecule has 3 heterocycles. The van der Waals surface area contributed by atoms with Crippen LogP contribution in [0.15, 0.2) is 30.5 Å². The molecule has 17 nitrogen and oxygen atoms in total. The van der Waals surface area contributed by atoms with Gasteiger partial charge in [-0.25, -0.2) is 24.5 Å². The molecule has 3 aromatic rings. The first-order valence-electron chi connectivity index (χ1n) is 14.3. The number of aromatic nitrogens is 4. The minimum absolute atomic E-state index is 0.0138. The molecule has 2 atom stereocenters. The van der Waals surface area contributed by atoms with E-state index in [1.165, 1.54) is 12.1 Å². The normalized spacial score (nSPS) is 16.9. The third kappa shape index (κ3) is 11.1. The summed E-state index contributed by atoms with van der Waals surface area (Å²) in [4.78, 5) is 52.7. The Bertz CT molecular complexity index is 1590. The lowest BCUT2D eigenvalue weighted by Crippen LogP contribution is -2.41. The second-order valence-corrected chi connectivity index (χ2v) is 13.1. The van der Waals surface area contributed by atoms with Crippen LogP contribution in [0.3, 0.4) is 0 Å². The Hall–Kier alpha value is -3.86. The molecule has 47 heavy (non-hydrogen) atoms. The highest BCUT2D eigenvalue weighted by Gasteiger charge is 2.33. The number of hydrogen-bond acceptors (Lipinski definition) is 12. The third-order valence-corrected chi connectivity index (χ3v) is 9.33. The van der Waals surface area contributed by atoms with Crippen molar-refractivity contribution in [3.8, 4) is 0 Å². The van der Waals surface area contributed by atoms with E-state index >= 15 is 0 Å². The van der Waals surface area contributed by atoms with E-state index in [9.17, 15) is 24.1 Å². The molecular formula is C27H37Cl2N10O7P. The first-order chi connectivity index (χ1) is 22.4. The van der Waals surface area contributed by atoms with Crippen molar-refractivity contribution >= 4 is 77.3 Å². The molecule has 0 saturated carbocycles. The molecule has 0 bridgehead atoms. The Morgan fingerprint density at radius 2 is 1.85 bits per heavy atom. The number of anilines is 3. The average Bonchev–Trinajstić information content (AvgIpc) is 3.03. The van der Waals surface area contributed by atoms with Crippen molar-refractivity contribution in [3.63, 3.8) is 0 Å². The van der Waals surface area contributed by atoms with Crippen LogP contribution in [-0.2, 0) is 25.2 Å². The number of nitrogens with two attached hydrogens (primary N) is 2. The fourth-order valence-electron chi connectivity index (χ4n) is 4.35. The van der Waals surface area contributed by atoms with Crippen molar-refractivity contribution in [1.29, 1.82) is 0 Å². The van der Waals surface area contributed by atoms with Crippen molar-refractivity contribution in [2.45, 2.75) is 31.8 Å². The van der Waals surface area contributed by atoms with E-state index in [0.717, 1.165) is 18.7 Å². The van der Waals surface area contributed by atoms with Crippen molar-refractivity contribution < 1.29 is 33.7 Å². The summed E-state index contributed by atoms with van der Waals surface area (Å²) in [6.07, 6.45) is 1.86. The minimum atomic E-state index is -2.84. The van der Waals surface area contributed by atoms with Crippen LogP contribution in [0.4, 0.5) is 17.5 Å². The molecule has 256 valence electrons. The summed E-state index contributed by atoms with van der Waals surface area (Å²) in [6, 6.07) is 5.16. The number of amides is 1. The highest BCUT2D eigenvalue weighted by Crippen LogP contribution is 2.48. The molecule has 1 aliphatic heterocycles. The van der Waals surface area contributed by atoms with E-state index in [4.69, 9.17) is 44.3 Å². The number of rotatable bonds is 14. The van der Waals surface area contributed by atoms with Gasteiger partial charge in [0, 0.05) is 56.1 Å². The van der Waals surface area contributed by atoms with Crippen LogP contribution in [0.1, 0.15) is 35.3 Å². The molecule has 0 radical (unpaired) electrons. The van der Waals surface area contributed by atoms with Gasteiger partial charge in [0.2, 0.25) is 5.95 Å². The molecule has 2 aromatic heterocycles. The Morgan fingerprint density at radius 3 is 2.49 bits per heavy atom. The molecular weight excluding hydrogens is 678 g/mol. The van der Waals surface area contributed by atoms with Gasteiger partial charge in [-0.15, -0.1) is 23.2 Å². The van der Waals surface area contributed by atoms with Crippen LogP contribution < -0.4 is 26.8 Å². The fourth-order valence-corrected chi connectivity index (χ4v) is 6.89. The lowest BCUT2D eigenvalue weighted by Gasteiger charge is -2.34. The van der Waals surface area contributed by atoms with Crippen molar-refractivity contribution in [3.05, 3.63) is 41.7 Å². The standard InChI is InChI=1S/C20H22N8O5.C7H15Cl2N2O2P/c1-28(9-11-8-23-17-15(24-11)16(21)26-20(22)27-17)12-4-2-10(3-5-12)18(31)25-13(19(32)33)6-7-14(29)30;8-2-4-10-14(12)11(6-3-9)5-1-7-13-14/h2-5,8,13H,6-7,9H2,1H3,(H,25,31)(H,29,30)(H,32,33)(H4,21,22,23,26,27);1-7H2,(H,10,12)/t13-;/m0./s1. The lowest BCUT2D eigenvalue weighted by atomic mass is 10.1. The van der Waals surface area contributed by atoms with Gasteiger partial charge in [-0.3, -0.25) is 14.2 Å². The number of carbonyl (C=O) groups excluding carboxylic acids is 1. The first-order valence-corrected chi connectivity index (χ1v) is 17.0. The summed E-state index contributed by atoms with van der Waals surface area (Å²) < 4.78 is 19.2. The molecule has 1 aliphatic rings. The van der Waals surface area contributed by atoms with Gasteiger partial charge in [-0.2, -0.15) is 9.97 Å². The van der Waals surface area contributed by atoms with Crippen LogP contribution >= 0.6 is 30.9 Å². The Labute approximate surface area is 280 Å². The van der Waals surface area contributed by atoms with E-state index in [-0.39, 0.29) is 30.2 Å². The number of nitrogens with one attached hydrogen (secondary N) is 2. The maximum atomic E-state index is 12.4. The van der Waals surface area contributed by atoms with Crippen LogP contribution in [0.25, 0.3) is 11.2 Å². The number of benzene rings is 1. The fraction of sp³-hybridized carbons (Fsp3) is 0.444. The number of hydrogen-bond donors (Lipinski definition) is 6. The molecule has 1 saturated heterocycles. The zero-order chi connectivity index (χ0) is 34.6. The number of alkyl halides is 2.